The lowest BCUT2D eigenvalue weighted by Gasteiger charge is -2.32. The Morgan fingerprint density at radius 2 is 1.68 bits per heavy atom. The standard InChI is InChI=1S/C32H39N5O/c1-21-11-12-28(19-22(21)2)37-32-31(25(5)35-37)23(3)29(24(4)33-32)13-14-30(38)34-27-15-17-36(18-16-27)20-26-9-7-6-8-10-26/h6-12,19,27H,13-18,20H2,1-5H3,(H,34,38). The molecular weight excluding hydrogens is 470 g/mol. The van der Waals surface area contributed by atoms with E-state index in [-0.39, 0.29) is 11.9 Å². The van der Waals surface area contributed by atoms with Gasteiger partial charge in [-0.25, -0.2) is 9.67 Å². The van der Waals surface area contributed by atoms with Gasteiger partial charge in [0.2, 0.25) is 5.91 Å². The zero-order chi connectivity index (χ0) is 26.8. The zero-order valence-corrected chi connectivity index (χ0v) is 23.3. The van der Waals surface area contributed by atoms with E-state index in [1.807, 2.05) is 11.6 Å². The summed E-state index contributed by atoms with van der Waals surface area (Å²) in [4.78, 5) is 20.4. The first-order chi connectivity index (χ1) is 18.3. The lowest BCUT2D eigenvalue weighted by Crippen LogP contribution is -2.44. The normalized spacial score (nSPS) is 14.8. The molecule has 38 heavy (non-hydrogen) atoms. The van der Waals surface area contributed by atoms with Gasteiger partial charge in [-0.05, 0) is 93.8 Å². The Labute approximate surface area is 226 Å². The number of aryl methyl sites for hydroxylation is 5. The molecule has 6 nitrogen and oxygen atoms in total. The van der Waals surface area contributed by atoms with Crippen molar-refractivity contribution in [2.75, 3.05) is 13.1 Å². The number of rotatable bonds is 7. The van der Waals surface area contributed by atoms with Crippen molar-refractivity contribution in [3.63, 3.8) is 0 Å². The van der Waals surface area contributed by atoms with Crippen molar-refractivity contribution in [1.82, 2.24) is 25.0 Å². The molecule has 0 radical (unpaired) electrons. The average molecular weight is 510 g/mol. The molecule has 0 aliphatic carbocycles. The summed E-state index contributed by atoms with van der Waals surface area (Å²) in [5, 5.41) is 9.24. The number of hydrogen-bond acceptors (Lipinski definition) is 4. The number of nitrogens with zero attached hydrogens (tertiary/aromatic N) is 4. The topological polar surface area (TPSA) is 63.1 Å². The van der Waals surface area contributed by atoms with Crippen LogP contribution in [0, 0.1) is 34.6 Å². The van der Waals surface area contributed by atoms with Crippen LogP contribution in [0.5, 0.6) is 0 Å². The Bertz CT molecular complexity index is 1450. The molecule has 4 aromatic rings. The highest BCUT2D eigenvalue weighted by Crippen LogP contribution is 2.29. The summed E-state index contributed by atoms with van der Waals surface area (Å²) >= 11 is 0. The maximum atomic E-state index is 12.9. The van der Waals surface area contributed by atoms with E-state index in [9.17, 15) is 4.79 Å². The Morgan fingerprint density at radius 1 is 0.947 bits per heavy atom. The van der Waals surface area contributed by atoms with E-state index in [2.05, 4.69) is 86.4 Å². The molecule has 0 atom stereocenters. The highest BCUT2D eigenvalue weighted by atomic mass is 16.1. The number of amides is 1. The van der Waals surface area contributed by atoms with Gasteiger partial charge in [0.1, 0.15) is 0 Å². The van der Waals surface area contributed by atoms with Crippen LogP contribution in [0.15, 0.2) is 48.5 Å². The molecule has 2 aromatic heterocycles. The molecule has 198 valence electrons. The second kappa shape index (κ2) is 11.1. The van der Waals surface area contributed by atoms with Crippen LogP contribution in [-0.4, -0.2) is 44.7 Å². The minimum atomic E-state index is 0.132. The fourth-order valence-electron chi connectivity index (χ4n) is 5.73. The summed E-state index contributed by atoms with van der Waals surface area (Å²) in [6.45, 7) is 13.5. The van der Waals surface area contributed by atoms with Gasteiger partial charge in [-0.3, -0.25) is 9.69 Å². The lowest BCUT2D eigenvalue weighted by molar-refractivity contribution is -0.122. The predicted molar refractivity (Wildman–Crippen MR) is 154 cm³/mol. The molecule has 1 N–H and O–H groups in total. The van der Waals surface area contributed by atoms with Crippen LogP contribution in [0.3, 0.4) is 0 Å². The van der Waals surface area contributed by atoms with E-state index >= 15 is 0 Å². The molecule has 0 bridgehead atoms. The van der Waals surface area contributed by atoms with Gasteiger partial charge in [-0.2, -0.15) is 5.10 Å². The quantitative estimate of drug-likeness (QED) is 0.348. The van der Waals surface area contributed by atoms with Gasteiger partial charge in [-0.15, -0.1) is 0 Å². The minimum absolute atomic E-state index is 0.132. The van der Waals surface area contributed by atoms with Crippen LogP contribution >= 0.6 is 0 Å². The molecule has 1 amide bonds. The second-order valence-electron chi connectivity index (χ2n) is 10.9. The molecular formula is C32H39N5O. The molecule has 0 saturated carbocycles. The monoisotopic (exact) mass is 509 g/mol. The van der Waals surface area contributed by atoms with Crippen molar-refractivity contribution in [1.29, 1.82) is 0 Å². The van der Waals surface area contributed by atoms with Gasteiger partial charge < -0.3 is 5.32 Å². The molecule has 6 heteroatoms. The molecule has 2 aromatic carbocycles. The predicted octanol–water partition coefficient (Wildman–Crippen LogP) is 5.68. The maximum Gasteiger partial charge on any atom is 0.220 e. The molecule has 3 heterocycles. The fraction of sp³-hybridized carbons (Fsp3) is 0.406. The van der Waals surface area contributed by atoms with Crippen molar-refractivity contribution >= 4 is 16.9 Å². The third-order valence-corrected chi connectivity index (χ3v) is 8.11. The second-order valence-corrected chi connectivity index (χ2v) is 10.9. The summed E-state index contributed by atoms with van der Waals surface area (Å²) in [5.41, 5.74) is 10.0. The number of hydrogen-bond donors (Lipinski definition) is 1. The van der Waals surface area contributed by atoms with E-state index in [4.69, 9.17) is 10.1 Å². The van der Waals surface area contributed by atoms with E-state index < -0.39 is 0 Å². The first kappa shape index (κ1) is 26.1. The number of carbonyl (C=O) groups is 1. The van der Waals surface area contributed by atoms with Gasteiger partial charge in [-0.1, -0.05) is 36.4 Å². The number of likely N-dealkylation sites (tertiary alicyclic amines) is 1. The Morgan fingerprint density at radius 3 is 2.39 bits per heavy atom. The number of aromatic nitrogens is 3. The number of benzene rings is 2. The Balaban J connectivity index is 1.22. The van der Waals surface area contributed by atoms with Gasteiger partial charge in [0.15, 0.2) is 5.65 Å². The van der Waals surface area contributed by atoms with Crippen molar-refractivity contribution in [2.45, 2.75) is 72.9 Å². The first-order valence-corrected chi connectivity index (χ1v) is 13.8. The summed E-state index contributed by atoms with van der Waals surface area (Å²) in [5.74, 6) is 0.132. The van der Waals surface area contributed by atoms with Crippen molar-refractivity contribution in [2.24, 2.45) is 0 Å². The molecule has 1 aliphatic rings. The maximum absolute atomic E-state index is 12.9. The molecule has 0 unspecified atom stereocenters. The minimum Gasteiger partial charge on any atom is -0.353 e. The summed E-state index contributed by atoms with van der Waals surface area (Å²) in [7, 11) is 0. The van der Waals surface area contributed by atoms with Gasteiger partial charge in [0, 0.05) is 43.2 Å². The van der Waals surface area contributed by atoms with E-state index in [1.54, 1.807) is 0 Å². The zero-order valence-electron chi connectivity index (χ0n) is 23.3. The third kappa shape index (κ3) is 5.51. The van der Waals surface area contributed by atoms with Gasteiger partial charge >= 0.3 is 0 Å². The van der Waals surface area contributed by atoms with Crippen LogP contribution in [0.25, 0.3) is 16.7 Å². The number of pyridine rings is 1. The van der Waals surface area contributed by atoms with Gasteiger partial charge in [0.25, 0.3) is 0 Å². The highest BCUT2D eigenvalue weighted by Gasteiger charge is 2.22. The summed E-state index contributed by atoms with van der Waals surface area (Å²) < 4.78 is 1.96. The molecule has 1 fully saturated rings. The Kier molecular flexibility index (Phi) is 7.61. The van der Waals surface area contributed by atoms with Crippen LogP contribution in [0.1, 0.15) is 58.5 Å². The third-order valence-electron chi connectivity index (χ3n) is 8.11. The van der Waals surface area contributed by atoms with Gasteiger partial charge in [0.05, 0.1) is 11.4 Å². The lowest BCUT2D eigenvalue weighted by atomic mass is 9.98. The average Bonchev–Trinajstić information content (AvgIpc) is 3.23. The van der Waals surface area contributed by atoms with Crippen molar-refractivity contribution < 1.29 is 4.79 Å². The number of carbonyl (C=O) groups excluding carboxylic acids is 1. The Hall–Kier alpha value is -3.51. The first-order valence-electron chi connectivity index (χ1n) is 13.8. The molecule has 1 aliphatic heterocycles. The molecule has 1 saturated heterocycles. The van der Waals surface area contributed by atoms with Crippen molar-refractivity contribution in [3.8, 4) is 5.69 Å². The van der Waals surface area contributed by atoms with Crippen LogP contribution in [0.4, 0.5) is 0 Å². The number of nitrogens with one attached hydrogen (secondary N) is 1. The highest BCUT2D eigenvalue weighted by molar-refractivity contribution is 5.85. The van der Waals surface area contributed by atoms with Crippen LogP contribution in [-0.2, 0) is 17.8 Å². The van der Waals surface area contributed by atoms with E-state index in [0.29, 0.717) is 12.8 Å². The smallest absolute Gasteiger partial charge is 0.220 e. The SMILES string of the molecule is Cc1ccc(-n2nc(C)c3c(C)c(CCC(=O)NC4CCN(Cc5ccccc5)CC4)c(C)nc32)cc1C. The number of piperidine rings is 1. The number of fused-ring (bicyclic) bond motifs is 1. The fourth-order valence-corrected chi connectivity index (χ4v) is 5.73. The van der Waals surface area contributed by atoms with E-state index in [1.165, 1.54) is 22.3 Å². The van der Waals surface area contributed by atoms with E-state index in [0.717, 1.165) is 66.1 Å². The summed E-state index contributed by atoms with van der Waals surface area (Å²) in [6, 6.07) is 17.3. The van der Waals surface area contributed by atoms with Crippen LogP contribution in [0.2, 0.25) is 0 Å². The molecule has 0 spiro atoms. The van der Waals surface area contributed by atoms with Crippen molar-refractivity contribution in [3.05, 3.63) is 87.7 Å². The largest absolute Gasteiger partial charge is 0.353 e. The molecule has 5 rings (SSSR count). The summed E-state index contributed by atoms with van der Waals surface area (Å²) in [6.07, 6.45) is 3.17. The van der Waals surface area contributed by atoms with Crippen LogP contribution < -0.4 is 5.32 Å².